The molecule has 0 spiro atoms. The van der Waals surface area contributed by atoms with Crippen LogP contribution in [0.3, 0.4) is 0 Å². The number of nitrogens with one attached hydrogen (secondary N) is 8. The fraction of sp³-hybridized carbons (Fsp3) is 0.333. The molecule has 11 rings (SSSR count). The van der Waals surface area contributed by atoms with Gasteiger partial charge in [0.2, 0.25) is 23.6 Å². The minimum Gasteiger partial charge on any atom is -0.497 e. The van der Waals surface area contributed by atoms with E-state index in [-0.39, 0.29) is 131 Å². The molecule has 2 saturated heterocycles. The second kappa shape index (κ2) is 59.1. The Balaban J connectivity index is 0.000000368. The van der Waals surface area contributed by atoms with Crippen LogP contribution in [0, 0.1) is 62.2 Å². The molecule has 2 heterocycles. The number of hydrogen-bond donors (Lipinski definition) is 11. The zero-order chi connectivity index (χ0) is 98.0. The van der Waals surface area contributed by atoms with E-state index in [1.807, 2.05) is 201 Å². The second-order valence-electron chi connectivity index (χ2n) is 31.3. The number of ether oxygens (including phenoxy) is 10. The number of hydrogen-bond acceptors (Lipinski definition) is 23. The largest absolute Gasteiger partial charge is 0.497 e. The molecule has 0 aromatic heterocycles. The van der Waals surface area contributed by atoms with Crippen molar-refractivity contribution in [1.29, 1.82) is 0 Å². The van der Waals surface area contributed by atoms with Crippen LogP contribution in [0.15, 0.2) is 255 Å². The number of carboxylic acid groups (broad SMARTS) is 2. The summed E-state index contributed by atoms with van der Waals surface area (Å²) in [6, 6.07) is 70.4. The Morgan fingerprint density at radius 2 is 0.627 bits per heavy atom. The Kier molecular flexibility index (Phi) is 48.6. The second-order valence-corrected chi connectivity index (χ2v) is 31.3. The van der Waals surface area contributed by atoms with E-state index in [2.05, 4.69) is 42.5 Å². The number of nitrogens with two attached hydrogens (primary N) is 1. The maximum atomic E-state index is 13.7. The van der Waals surface area contributed by atoms with Crippen molar-refractivity contribution in [3.63, 3.8) is 0 Å². The predicted octanol–water partition coefficient (Wildman–Crippen LogP) is 10.8. The zero-order valence-electron chi connectivity index (χ0n) is 78.4. The van der Waals surface area contributed by atoms with Crippen molar-refractivity contribution in [2.75, 3.05) is 41.7 Å². The third kappa shape index (κ3) is 42.5. The fourth-order valence-corrected chi connectivity index (χ4v) is 12.4. The molecule has 0 aliphatic carbocycles. The molecule has 11 atom stereocenters. The summed E-state index contributed by atoms with van der Waals surface area (Å²) in [6.07, 6.45) is -0.537. The molecule has 2 fully saturated rings. The number of Topliss-reactive ketones (excluding diaryl/α,β-unsaturated/α-hetero) is 1. The summed E-state index contributed by atoms with van der Waals surface area (Å²) in [7, 11) is 5.93. The van der Waals surface area contributed by atoms with Gasteiger partial charge >= 0.3 is 42.3 Å². The van der Waals surface area contributed by atoms with Crippen LogP contribution in [0.1, 0.15) is 101 Å². The Morgan fingerprint density at radius 3 is 0.918 bits per heavy atom. The molecule has 2 aliphatic heterocycles. The van der Waals surface area contributed by atoms with Crippen LogP contribution >= 0.6 is 0 Å². The quantitative estimate of drug-likeness (QED) is 0.00965. The van der Waals surface area contributed by atoms with E-state index in [0.29, 0.717) is 49.7 Å². The van der Waals surface area contributed by atoms with Crippen LogP contribution in [-0.4, -0.2) is 189 Å². The first-order chi connectivity index (χ1) is 64.2. The van der Waals surface area contributed by atoms with Crippen molar-refractivity contribution in [2.45, 2.75) is 172 Å². The van der Waals surface area contributed by atoms with Gasteiger partial charge in [-0.3, -0.25) is 28.8 Å². The number of methoxy groups -OCH3 is 4. The maximum absolute atomic E-state index is 13.7. The summed E-state index contributed by atoms with van der Waals surface area (Å²) in [6.45, 7) is 11.2. The Hall–Kier alpha value is -12.6. The SMILES string of the molecule is COC(=O)[C@H](Cc1ccc(OC)cc1)NC(=O)[C@H](C)NC(=O)OCc1ccccc1.COc1ccc(C[C@H](NC(=O)[C@H](C)NC(=O)OCc2ccccc2)C(=O)N[C@@H](Cc2ccccc2)C[C@@]2(C)CO2)cc1.COc1ccc(C[C@H](NC(=O)[C@H](C)NC(=O)OCc2ccccc2)C(=O)O)cc1.C[C@H](NC(=O)OCc1ccccc1)C(=O)O.C[C@]1(C(=O)[C@@H](N)Cc2ccccc2)CO1.[3H][3H].[U].[U]. The molecule has 0 saturated carbocycles. The minimum atomic E-state index is -1.17. The molecule has 134 heavy (non-hydrogen) atoms. The number of amides is 8. The van der Waals surface area contributed by atoms with Crippen molar-refractivity contribution in [1.82, 2.24) is 42.5 Å². The molecule has 12 N–H and O–H groups in total. The first-order valence-electron chi connectivity index (χ1n) is 43.4. The van der Waals surface area contributed by atoms with E-state index >= 15 is 0 Å². The van der Waals surface area contributed by atoms with Gasteiger partial charge in [-0.25, -0.2) is 28.8 Å². The predicted molar refractivity (Wildman–Crippen MR) is 491 cm³/mol. The number of carbonyl (C=O) groups excluding carboxylic acids is 10. The number of carboxylic acids is 2. The van der Waals surface area contributed by atoms with Gasteiger partial charge in [0.25, 0.3) is 0 Å². The van der Waals surface area contributed by atoms with Gasteiger partial charge in [-0.2, -0.15) is 0 Å². The molecule has 33 nitrogen and oxygen atoms in total. The van der Waals surface area contributed by atoms with Crippen molar-refractivity contribution < 1.29 is 180 Å². The van der Waals surface area contributed by atoms with Gasteiger partial charge in [-0.05, 0) is 147 Å². The monoisotopic (exact) mass is 2300 g/mol. The topological polar surface area (TPSA) is 466 Å². The maximum Gasteiger partial charge on any atom is 0.408 e. The summed E-state index contributed by atoms with van der Waals surface area (Å²) in [5, 5.41) is 38.6. The van der Waals surface area contributed by atoms with E-state index in [1.54, 1.807) is 88.7 Å². The number of carbonyl (C=O) groups is 12. The van der Waals surface area contributed by atoms with Crippen molar-refractivity contribution in [2.24, 2.45) is 5.73 Å². The van der Waals surface area contributed by atoms with Crippen molar-refractivity contribution in [3.05, 3.63) is 305 Å². The molecule has 0 radical (unpaired) electrons. The van der Waals surface area contributed by atoms with E-state index < -0.39 is 114 Å². The first-order valence-corrected chi connectivity index (χ1v) is 42.4. The molecule has 0 bridgehead atoms. The van der Waals surface area contributed by atoms with Crippen LogP contribution in [0.5, 0.6) is 17.2 Å². The van der Waals surface area contributed by atoms with Crippen LogP contribution in [0.25, 0.3) is 0 Å². The van der Waals surface area contributed by atoms with Crippen LogP contribution in [-0.2, 0) is 130 Å². The molecular weight excluding hydrogens is 2180 g/mol. The van der Waals surface area contributed by atoms with E-state index in [0.717, 1.165) is 50.1 Å². The number of ketones is 1. The van der Waals surface area contributed by atoms with Crippen LogP contribution in [0.4, 0.5) is 19.2 Å². The van der Waals surface area contributed by atoms with Gasteiger partial charge < -0.3 is 106 Å². The normalized spacial score (nSPS) is 15.3. The van der Waals surface area contributed by atoms with E-state index in [4.69, 9.17) is 61.2 Å². The first kappa shape index (κ1) is 110. The van der Waals surface area contributed by atoms with Gasteiger partial charge in [0.1, 0.15) is 91.6 Å². The number of alkyl carbamates (subject to hydrolysis) is 4. The third-order valence-corrected chi connectivity index (χ3v) is 20.3. The molecule has 712 valence electrons. The third-order valence-electron chi connectivity index (χ3n) is 20.3. The number of esters is 1. The summed E-state index contributed by atoms with van der Waals surface area (Å²) in [5.41, 5.74) is 12.8. The number of benzene rings is 9. The Morgan fingerprint density at radius 1 is 0.351 bits per heavy atom. The molecule has 9 aromatic rings. The van der Waals surface area contributed by atoms with E-state index in [1.165, 1.54) is 35.0 Å². The van der Waals surface area contributed by atoms with Crippen molar-refractivity contribution in [3.8, 4) is 17.2 Å². The Bertz CT molecular complexity index is 5130. The van der Waals surface area contributed by atoms with Crippen LogP contribution in [0.2, 0.25) is 0 Å². The van der Waals surface area contributed by atoms with Gasteiger partial charge in [0.05, 0.1) is 53.3 Å². The summed E-state index contributed by atoms with van der Waals surface area (Å²) < 4.78 is 61.2. The average Bonchev–Trinajstić information content (AvgIpc) is 1.65. The molecule has 0 unspecified atom stereocenters. The molecule has 2 aliphatic rings. The summed E-state index contributed by atoms with van der Waals surface area (Å²) >= 11 is 0. The minimum absolute atomic E-state index is 0. The van der Waals surface area contributed by atoms with Gasteiger partial charge in [0, 0.05) is 90.5 Å². The molecule has 9 aromatic carbocycles. The fourth-order valence-electron chi connectivity index (χ4n) is 12.4. The smallest absolute Gasteiger partial charge is 0.408 e. The van der Waals surface area contributed by atoms with Crippen LogP contribution < -0.4 is 62.5 Å². The number of aliphatic carboxylic acids is 2. The van der Waals surface area contributed by atoms with Gasteiger partial charge in [-0.15, -0.1) is 0 Å². The summed E-state index contributed by atoms with van der Waals surface area (Å²) in [4.78, 5) is 145. The van der Waals surface area contributed by atoms with E-state index in [9.17, 15) is 62.6 Å². The zero-order valence-corrected chi connectivity index (χ0v) is 84.7. The summed E-state index contributed by atoms with van der Waals surface area (Å²) in [5.74, 6) is -2.80. The van der Waals surface area contributed by atoms with Gasteiger partial charge in [0.15, 0.2) is 5.78 Å². The number of epoxide rings is 2. The van der Waals surface area contributed by atoms with Gasteiger partial charge in [-0.1, -0.05) is 218 Å². The van der Waals surface area contributed by atoms with Crippen molar-refractivity contribution >= 4 is 71.7 Å². The average molecular weight is 2300 g/mol. The molecular formula is C99H119N9O24U2. The molecule has 35 heteroatoms. The molecule has 8 amide bonds. The Labute approximate surface area is 830 Å². The number of rotatable bonds is 40. The standard InChI is InChI=1S/C33H39N3O6.C22H26N2O6.C21H24N2O6.C12H15NO2.C11H13NO4.2U.H2/c1-23(34-32(39)41-21-26-12-8-5-9-13-26)30(37)36-29(19-25-14-16-28(40-3)17-15-25)31(38)35-27(20-33(2)22-42-33)18-24-10-6-4-7-11-24;1-15(23-22(27)30-14-17-7-5-4-6-8-17)20(25)24-19(21(26)29-3)13-16-9-11-18(28-2)12-10-16;1-14(22-21(27)29-13-16-6-4-3-5-7-16)19(24)23-18(20(25)26)12-15-8-10-17(28-2)11-9-15;1-12(8-15-12)11(14)10(13)7-9-5-3-2-4-6-9;1-8(10(13)14)12-11(15)16-7-9-5-3-2-4-6-9;;;/h4-17,23,27,29H,18-22H2,1-3H3,(H,34,39)(H,35,38)(H,36,37);4-12,15,19H,13-14H2,1-3H3,(H,23,27)(H,24,25);3-11,14,18H,12-13H2,1-2H3,(H,22,27)(H,23,24)(H,25,26);2-6,10H,7-8,13H2,1H3;2-6,8H,7H2,1H3,(H,12,15)(H,13,14);;;1H/t23-,27-,29-,33-;15-,19-;14-,18-;10-,12+;8-;;;/m00000.../s1/i;;;;;;;1+2T.